The van der Waals surface area contributed by atoms with Crippen LogP contribution < -0.4 is 0 Å². The van der Waals surface area contributed by atoms with Crippen molar-refractivity contribution in [3.05, 3.63) is 75.3 Å². The average Bonchev–Trinajstić information content (AvgIpc) is 2.55. The van der Waals surface area contributed by atoms with E-state index < -0.39 is 4.92 Å². The monoisotopic (exact) mass is 293 g/mol. The van der Waals surface area contributed by atoms with Crippen LogP contribution in [0.15, 0.2) is 48.5 Å². The molecule has 0 N–H and O–H groups in total. The van der Waals surface area contributed by atoms with Gasteiger partial charge in [-0.25, -0.2) is 0 Å². The summed E-state index contributed by atoms with van der Waals surface area (Å²) in [6, 6.07) is 14.6. The maximum atomic E-state index is 10.6. The van der Waals surface area contributed by atoms with Gasteiger partial charge in [0.25, 0.3) is 5.69 Å². The van der Waals surface area contributed by atoms with E-state index >= 15 is 0 Å². The molecule has 0 aliphatic heterocycles. The van der Waals surface area contributed by atoms with Crippen LogP contribution in [0, 0.1) is 22.0 Å². The predicted octanol–water partition coefficient (Wildman–Crippen LogP) is 4.73. The normalized spacial score (nSPS) is 9.86. The zero-order chi connectivity index (χ0) is 15.8. The second-order valence-electron chi connectivity index (χ2n) is 5.21. The fourth-order valence-corrected chi connectivity index (χ4v) is 2.14. The lowest BCUT2D eigenvalue weighted by molar-refractivity contribution is -0.384. The van der Waals surface area contributed by atoms with Crippen LogP contribution in [0.5, 0.6) is 0 Å². The van der Waals surface area contributed by atoms with Crippen molar-refractivity contribution in [1.82, 2.24) is 0 Å². The Bertz CT molecular complexity index is 676. The molecule has 2 aromatic rings. The molecule has 0 amide bonds. The van der Waals surface area contributed by atoms with Crippen LogP contribution in [0.1, 0.15) is 42.9 Å². The van der Waals surface area contributed by atoms with Crippen molar-refractivity contribution in [2.24, 2.45) is 0 Å². The Balaban J connectivity index is 2.00. The van der Waals surface area contributed by atoms with E-state index in [0.29, 0.717) is 0 Å². The number of non-ortho nitro benzene ring substituents is 1. The minimum Gasteiger partial charge on any atom is -0.258 e. The van der Waals surface area contributed by atoms with Gasteiger partial charge in [0, 0.05) is 23.3 Å². The summed E-state index contributed by atoms with van der Waals surface area (Å²) in [4.78, 5) is 10.2. The number of rotatable bonds is 5. The van der Waals surface area contributed by atoms with Gasteiger partial charge < -0.3 is 0 Å². The summed E-state index contributed by atoms with van der Waals surface area (Å²) in [5, 5.41) is 10.6. The molecule has 0 atom stereocenters. The summed E-state index contributed by atoms with van der Waals surface area (Å²) in [5.74, 6) is 6.11. The Morgan fingerprint density at radius 3 is 1.95 bits per heavy atom. The van der Waals surface area contributed by atoms with Gasteiger partial charge in [0.1, 0.15) is 0 Å². The Hall–Kier alpha value is -2.60. The third-order valence-corrected chi connectivity index (χ3v) is 3.45. The van der Waals surface area contributed by atoms with Gasteiger partial charge in [-0.05, 0) is 42.7 Å². The Morgan fingerprint density at radius 2 is 1.45 bits per heavy atom. The molecule has 0 heterocycles. The van der Waals surface area contributed by atoms with Crippen LogP contribution in [-0.4, -0.2) is 4.92 Å². The van der Waals surface area contributed by atoms with Crippen LogP contribution in [0.2, 0.25) is 0 Å². The van der Waals surface area contributed by atoms with Crippen LogP contribution in [0.3, 0.4) is 0 Å². The quantitative estimate of drug-likeness (QED) is 0.346. The van der Waals surface area contributed by atoms with Crippen molar-refractivity contribution in [1.29, 1.82) is 0 Å². The van der Waals surface area contributed by atoms with Crippen molar-refractivity contribution in [3.8, 4) is 11.8 Å². The molecule has 0 saturated heterocycles. The SMILES string of the molecule is CCCCCc1ccc(C#Cc2ccc([N+](=O)[O-])cc2)cc1. The third-order valence-electron chi connectivity index (χ3n) is 3.45. The second-order valence-corrected chi connectivity index (χ2v) is 5.21. The lowest BCUT2D eigenvalue weighted by Crippen LogP contribution is -1.87. The molecule has 3 heteroatoms. The van der Waals surface area contributed by atoms with E-state index in [4.69, 9.17) is 0 Å². The maximum Gasteiger partial charge on any atom is 0.269 e. The first kappa shape index (κ1) is 15.8. The van der Waals surface area contributed by atoms with Gasteiger partial charge in [0.15, 0.2) is 0 Å². The van der Waals surface area contributed by atoms with Gasteiger partial charge in [0.2, 0.25) is 0 Å². The highest BCUT2D eigenvalue weighted by atomic mass is 16.6. The second kappa shape index (κ2) is 7.99. The molecule has 0 spiro atoms. The molecule has 0 aliphatic rings. The summed E-state index contributed by atoms with van der Waals surface area (Å²) in [5.41, 5.74) is 3.16. The molecule has 0 bridgehead atoms. The van der Waals surface area contributed by atoms with Crippen LogP contribution in [0.4, 0.5) is 5.69 Å². The zero-order valence-electron chi connectivity index (χ0n) is 12.7. The molecule has 2 aromatic carbocycles. The number of hydrogen-bond donors (Lipinski definition) is 0. The van der Waals surface area contributed by atoms with Gasteiger partial charge in [-0.15, -0.1) is 0 Å². The minimum absolute atomic E-state index is 0.0852. The summed E-state index contributed by atoms with van der Waals surface area (Å²) in [7, 11) is 0. The van der Waals surface area contributed by atoms with Crippen LogP contribution >= 0.6 is 0 Å². The number of nitro groups is 1. The highest BCUT2D eigenvalue weighted by molar-refractivity contribution is 5.46. The fraction of sp³-hybridized carbons (Fsp3) is 0.263. The van der Waals surface area contributed by atoms with Crippen LogP contribution in [-0.2, 0) is 6.42 Å². The fourth-order valence-electron chi connectivity index (χ4n) is 2.14. The molecule has 0 saturated carbocycles. The number of nitrogens with zero attached hydrogens (tertiary/aromatic N) is 1. The summed E-state index contributed by atoms with van der Waals surface area (Å²) in [6.45, 7) is 2.21. The van der Waals surface area contributed by atoms with E-state index in [2.05, 4.69) is 30.9 Å². The van der Waals surface area contributed by atoms with Crippen molar-refractivity contribution in [2.45, 2.75) is 32.6 Å². The first-order chi connectivity index (χ1) is 10.7. The summed E-state index contributed by atoms with van der Waals surface area (Å²) < 4.78 is 0. The molecule has 0 aromatic heterocycles. The van der Waals surface area contributed by atoms with Gasteiger partial charge in [-0.1, -0.05) is 43.7 Å². The molecule has 2 rings (SSSR count). The smallest absolute Gasteiger partial charge is 0.258 e. The Morgan fingerprint density at radius 1 is 0.909 bits per heavy atom. The molecular weight excluding hydrogens is 274 g/mol. The van der Waals surface area contributed by atoms with E-state index in [1.807, 2.05) is 12.1 Å². The first-order valence-electron chi connectivity index (χ1n) is 7.54. The van der Waals surface area contributed by atoms with Crippen molar-refractivity contribution in [2.75, 3.05) is 0 Å². The predicted molar refractivity (Wildman–Crippen MR) is 88.7 cm³/mol. The summed E-state index contributed by atoms with van der Waals surface area (Å²) >= 11 is 0. The standard InChI is InChI=1S/C19H19NO2/c1-2-3-4-5-16-6-8-17(9-7-16)10-11-18-12-14-19(15-13-18)20(21)22/h6-9,12-15H,2-5H2,1H3. The van der Waals surface area contributed by atoms with Gasteiger partial charge in [0.05, 0.1) is 4.92 Å². The van der Waals surface area contributed by atoms with Crippen molar-refractivity contribution in [3.63, 3.8) is 0 Å². The van der Waals surface area contributed by atoms with Gasteiger partial charge in [-0.3, -0.25) is 10.1 Å². The summed E-state index contributed by atoms with van der Waals surface area (Å²) in [6.07, 6.45) is 4.84. The number of hydrogen-bond acceptors (Lipinski definition) is 2. The van der Waals surface area contributed by atoms with Gasteiger partial charge >= 0.3 is 0 Å². The molecule has 22 heavy (non-hydrogen) atoms. The van der Waals surface area contributed by atoms with E-state index in [-0.39, 0.29) is 5.69 Å². The van der Waals surface area contributed by atoms with E-state index in [1.165, 1.54) is 37.0 Å². The molecule has 0 fully saturated rings. The largest absolute Gasteiger partial charge is 0.269 e. The van der Waals surface area contributed by atoms with Crippen molar-refractivity contribution < 1.29 is 4.92 Å². The molecule has 0 radical (unpaired) electrons. The third kappa shape index (κ3) is 4.75. The number of benzene rings is 2. The lowest BCUT2D eigenvalue weighted by atomic mass is 10.1. The molecule has 0 unspecified atom stereocenters. The number of nitro benzene ring substituents is 1. The molecule has 0 aliphatic carbocycles. The topological polar surface area (TPSA) is 43.1 Å². The van der Waals surface area contributed by atoms with E-state index in [9.17, 15) is 10.1 Å². The zero-order valence-corrected chi connectivity index (χ0v) is 12.7. The number of unbranched alkanes of at least 4 members (excludes halogenated alkanes) is 2. The van der Waals surface area contributed by atoms with Gasteiger partial charge in [-0.2, -0.15) is 0 Å². The highest BCUT2D eigenvalue weighted by Gasteiger charge is 2.02. The molecular formula is C19H19NO2. The van der Waals surface area contributed by atoms with E-state index in [1.54, 1.807) is 12.1 Å². The Kier molecular flexibility index (Phi) is 5.73. The molecule has 3 nitrogen and oxygen atoms in total. The highest BCUT2D eigenvalue weighted by Crippen LogP contribution is 2.12. The first-order valence-corrected chi connectivity index (χ1v) is 7.54. The van der Waals surface area contributed by atoms with E-state index in [0.717, 1.165) is 17.5 Å². The lowest BCUT2D eigenvalue weighted by Gasteiger charge is -2.00. The van der Waals surface area contributed by atoms with Crippen LogP contribution in [0.25, 0.3) is 0 Å². The Labute approximate surface area is 131 Å². The maximum absolute atomic E-state index is 10.6. The number of aryl methyl sites for hydroxylation is 1. The average molecular weight is 293 g/mol. The minimum atomic E-state index is -0.408. The van der Waals surface area contributed by atoms with Crippen molar-refractivity contribution >= 4 is 5.69 Å². The molecule has 112 valence electrons.